The van der Waals surface area contributed by atoms with E-state index in [2.05, 4.69) is 20.8 Å². The van der Waals surface area contributed by atoms with Crippen LogP contribution in [0.1, 0.15) is 27.6 Å². The minimum atomic E-state index is -1.06. The van der Waals surface area contributed by atoms with E-state index in [1.807, 2.05) is 0 Å². The number of esters is 1. The largest absolute Gasteiger partial charge is 0.449 e. The molecule has 3 aromatic rings. The van der Waals surface area contributed by atoms with Gasteiger partial charge in [-0.3, -0.25) is 9.59 Å². The van der Waals surface area contributed by atoms with Crippen molar-refractivity contribution >= 4 is 23.5 Å². The average molecular weight is 380 g/mol. The topological polar surface area (TPSA) is 142 Å². The molecule has 1 heterocycles. The first-order chi connectivity index (χ1) is 13.5. The summed E-state index contributed by atoms with van der Waals surface area (Å²) >= 11 is 0. The Balaban J connectivity index is 1.67. The fraction of sp³-hybridized carbons (Fsp3) is 0.111. The highest BCUT2D eigenvalue weighted by atomic mass is 16.5. The quantitative estimate of drug-likeness (QED) is 0.606. The molecule has 10 nitrogen and oxygen atoms in total. The summed E-state index contributed by atoms with van der Waals surface area (Å²) in [5.74, 6) is -1.79. The summed E-state index contributed by atoms with van der Waals surface area (Å²) in [5, 5.41) is 13.4. The van der Waals surface area contributed by atoms with Gasteiger partial charge in [-0.2, -0.15) is 4.68 Å². The lowest BCUT2D eigenvalue weighted by atomic mass is 10.2. The van der Waals surface area contributed by atoms with Crippen LogP contribution in [-0.4, -0.2) is 44.1 Å². The van der Waals surface area contributed by atoms with Gasteiger partial charge in [0.2, 0.25) is 5.91 Å². The second kappa shape index (κ2) is 8.08. The minimum Gasteiger partial charge on any atom is -0.449 e. The van der Waals surface area contributed by atoms with Crippen molar-refractivity contribution in [3.63, 3.8) is 0 Å². The Kier molecular flexibility index (Phi) is 5.40. The van der Waals surface area contributed by atoms with Gasteiger partial charge < -0.3 is 15.8 Å². The number of nitrogens with one attached hydrogen (secondary N) is 1. The van der Waals surface area contributed by atoms with Crippen molar-refractivity contribution in [3.05, 3.63) is 66.0 Å². The van der Waals surface area contributed by atoms with Gasteiger partial charge in [-0.1, -0.05) is 12.1 Å². The normalized spacial score (nSPS) is 11.5. The first-order valence-corrected chi connectivity index (χ1v) is 8.20. The maximum absolute atomic E-state index is 12.5. The van der Waals surface area contributed by atoms with E-state index >= 15 is 0 Å². The highest BCUT2D eigenvalue weighted by molar-refractivity contribution is 5.99. The number of primary amides is 1. The van der Waals surface area contributed by atoms with Gasteiger partial charge in [-0.15, -0.1) is 5.10 Å². The minimum absolute atomic E-state index is 0.209. The van der Waals surface area contributed by atoms with Crippen LogP contribution in [0.4, 0.5) is 5.69 Å². The van der Waals surface area contributed by atoms with Gasteiger partial charge in [0.1, 0.15) is 6.33 Å². The molecule has 0 saturated carbocycles. The molecule has 3 N–H and O–H groups in total. The number of hydrogen-bond donors (Lipinski definition) is 2. The summed E-state index contributed by atoms with van der Waals surface area (Å²) in [6.07, 6.45) is 0.281. The summed E-state index contributed by atoms with van der Waals surface area (Å²) in [5.41, 5.74) is 6.56. The van der Waals surface area contributed by atoms with Crippen LogP contribution < -0.4 is 11.1 Å². The van der Waals surface area contributed by atoms with Crippen LogP contribution in [-0.2, 0) is 9.53 Å². The predicted molar refractivity (Wildman–Crippen MR) is 97.6 cm³/mol. The highest BCUT2D eigenvalue weighted by Crippen LogP contribution is 2.16. The van der Waals surface area contributed by atoms with E-state index in [-0.39, 0.29) is 5.56 Å². The predicted octanol–water partition coefficient (Wildman–Crippen LogP) is 0.945. The number of hydrogen-bond acceptors (Lipinski definition) is 7. The Bertz CT molecular complexity index is 1000. The number of aromatic nitrogens is 4. The molecule has 142 valence electrons. The molecule has 0 aliphatic heterocycles. The lowest BCUT2D eigenvalue weighted by Gasteiger charge is -2.15. The van der Waals surface area contributed by atoms with E-state index in [0.29, 0.717) is 16.9 Å². The molecular weight excluding hydrogens is 364 g/mol. The van der Waals surface area contributed by atoms with Gasteiger partial charge in [0, 0.05) is 11.3 Å². The van der Waals surface area contributed by atoms with Gasteiger partial charge in [-0.25, -0.2) is 4.79 Å². The van der Waals surface area contributed by atoms with Gasteiger partial charge in [0.05, 0.1) is 11.3 Å². The fourth-order valence-corrected chi connectivity index (χ4v) is 2.36. The number of nitrogens with two attached hydrogens (primary N) is 1. The van der Waals surface area contributed by atoms with E-state index in [9.17, 15) is 14.4 Å². The van der Waals surface area contributed by atoms with Crippen LogP contribution in [0.5, 0.6) is 0 Å². The molecule has 0 bridgehead atoms. The summed E-state index contributed by atoms with van der Waals surface area (Å²) in [6, 6.07) is 12.6. The molecule has 0 aliphatic carbocycles. The number of tetrazole rings is 1. The number of para-hydroxylation sites is 1. The Morgan fingerprint density at radius 1 is 1.11 bits per heavy atom. The van der Waals surface area contributed by atoms with Crippen LogP contribution >= 0.6 is 0 Å². The third kappa shape index (κ3) is 4.18. The lowest BCUT2D eigenvalue weighted by Crippen LogP contribution is -2.30. The summed E-state index contributed by atoms with van der Waals surface area (Å²) < 4.78 is 6.59. The Labute approximate surface area is 159 Å². The first kappa shape index (κ1) is 18.7. The molecule has 2 aromatic carbocycles. The zero-order chi connectivity index (χ0) is 20.1. The monoisotopic (exact) mass is 380 g/mol. The van der Waals surface area contributed by atoms with E-state index < -0.39 is 23.9 Å². The number of benzene rings is 2. The summed E-state index contributed by atoms with van der Waals surface area (Å²) in [7, 11) is 0. The molecule has 0 radical (unpaired) electrons. The smallest absolute Gasteiger partial charge is 0.341 e. The van der Waals surface area contributed by atoms with Crippen LogP contribution in [0.15, 0.2) is 54.9 Å². The molecule has 0 saturated heterocycles. The SMILES string of the molecule is C[C@H](OC(=O)c1ccccc1-n1cnnn1)C(=O)Nc1ccc(C(N)=O)cc1. The number of carbonyl (C=O) groups excluding carboxylic acids is 3. The average Bonchev–Trinajstić information content (AvgIpc) is 3.23. The Morgan fingerprint density at radius 2 is 1.82 bits per heavy atom. The van der Waals surface area contributed by atoms with Crippen LogP contribution in [0, 0.1) is 0 Å². The molecule has 0 unspecified atom stereocenters. The van der Waals surface area contributed by atoms with Gasteiger partial charge in [0.25, 0.3) is 5.91 Å². The second-order valence-electron chi connectivity index (χ2n) is 5.75. The first-order valence-electron chi connectivity index (χ1n) is 8.20. The van der Waals surface area contributed by atoms with Crippen LogP contribution in [0.2, 0.25) is 0 Å². The number of nitrogens with zero attached hydrogens (tertiary/aromatic N) is 4. The molecule has 1 atom stereocenters. The molecule has 3 rings (SSSR count). The second-order valence-corrected chi connectivity index (χ2v) is 5.75. The van der Waals surface area contributed by atoms with Crippen molar-refractivity contribution < 1.29 is 19.1 Å². The zero-order valence-electron chi connectivity index (χ0n) is 14.8. The van der Waals surface area contributed by atoms with Gasteiger partial charge in [-0.05, 0) is 53.7 Å². The van der Waals surface area contributed by atoms with E-state index in [1.165, 1.54) is 42.2 Å². The van der Waals surface area contributed by atoms with Crippen molar-refractivity contribution in [2.75, 3.05) is 5.32 Å². The van der Waals surface area contributed by atoms with Crippen molar-refractivity contribution in [1.82, 2.24) is 20.2 Å². The zero-order valence-corrected chi connectivity index (χ0v) is 14.8. The molecule has 10 heteroatoms. The highest BCUT2D eigenvalue weighted by Gasteiger charge is 2.21. The number of ether oxygens (including phenoxy) is 1. The summed E-state index contributed by atoms with van der Waals surface area (Å²) in [4.78, 5) is 35.9. The summed E-state index contributed by atoms with van der Waals surface area (Å²) in [6.45, 7) is 1.45. The molecule has 2 amide bonds. The van der Waals surface area contributed by atoms with E-state index in [1.54, 1.807) is 24.3 Å². The van der Waals surface area contributed by atoms with Crippen LogP contribution in [0.3, 0.4) is 0 Å². The Hall–Kier alpha value is -4.08. The van der Waals surface area contributed by atoms with E-state index in [0.717, 1.165) is 0 Å². The molecule has 0 fully saturated rings. The maximum atomic E-state index is 12.5. The van der Waals surface area contributed by atoms with Gasteiger partial charge >= 0.3 is 5.97 Å². The Morgan fingerprint density at radius 3 is 2.46 bits per heavy atom. The molecule has 0 aliphatic rings. The third-order valence-electron chi connectivity index (χ3n) is 3.81. The van der Waals surface area contributed by atoms with Crippen LogP contribution in [0.25, 0.3) is 5.69 Å². The van der Waals surface area contributed by atoms with Crippen molar-refractivity contribution in [2.45, 2.75) is 13.0 Å². The standard InChI is InChI=1S/C18H16N6O4/c1-11(17(26)21-13-8-6-12(7-9-13)16(19)25)28-18(27)14-4-2-3-5-15(14)24-10-20-22-23-24/h2-11H,1H3,(H2,19,25)(H,21,26)/t11-/m0/s1. The molecular formula is C18H16N6O4. The number of anilines is 1. The number of rotatable bonds is 6. The maximum Gasteiger partial charge on any atom is 0.341 e. The van der Waals surface area contributed by atoms with Crippen molar-refractivity contribution in [2.24, 2.45) is 5.73 Å². The van der Waals surface area contributed by atoms with Crippen molar-refractivity contribution in [1.29, 1.82) is 0 Å². The molecule has 0 spiro atoms. The van der Waals surface area contributed by atoms with Crippen molar-refractivity contribution in [3.8, 4) is 5.69 Å². The molecule has 1 aromatic heterocycles. The third-order valence-corrected chi connectivity index (χ3v) is 3.81. The number of amides is 2. The number of carbonyl (C=O) groups is 3. The lowest BCUT2D eigenvalue weighted by molar-refractivity contribution is -0.123. The fourth-order valence-electron chi connectivity index (χ4n) is 2.36. The molecule has 28 heavy (non-hydrogen) atoms. The van der Waals surface area contributed by atoms with E-state index in [4.69, 9.17) is 10.5 Å². The van der Waals surface area contributed by atoms with Gasteiger partial charge in [0.15, 0.2) is 6.10 Å².